The Balaban J connectivity index is 1.04. The van der Waals surface area contributed by atoms with Crippen LogP contribution in [-0.4, -0.2) is 19.5 Å². The molecule has 68 heavy (non-hydrogen) atoms. The van der Waals surface area contributed by atoms with Gasteiger partial charge in [0.25, 0.3) is 0 Å². The van der Waals surface area contributed by atoms with Crippen molar-refractivity contribution in [2.75, 3.05) is 0 Å². The molecule has 0 saturated carbocycles. The van der Waals surface area contributed by atoms with E-state index in [0.717, 1.165) is 33.5 Å². The first-order valence-corrected chi connectivity index (χ1v) is 25.2. The minimum absolute atomic E-state index is 0.629. The Morgan fingerprint density at radius 2 is 0.838 bits per heavy atom. The average molecular weight is 919 g/mol. The summed E-state index contributed by atoms with van der Waals surface area (Å²) in [5.41, 5.74) is 8.62. The molecule has 15 aromatic rings. The summed E-state index contributed by atoms with van der Waals surface area (Å²) in [5, 5.41) is 12.2. The molecule has 0 bridgehead atoms. The average Bonchev–Trinajstić information content (AvgIpc) is 4.17. The highest BCUT2D eigenvalue weighted by atomic mass is 32.1. The Bertz CT molecular complexity index is 4590. The molecule has 4 nitrogen and oxygen atoms in total. The van der Waals surface area contributed by atoms with Gasteiger partial charge in [-0.05, 0) is 77.5 Å². The number of aromatic nitrogens is 4. The largest absolute Gasteiger partial charge is 0.309 e. The van der Waals surface area contributed by atoms with Crippen molar-refractivity contribution in [3.8, 4) is 51.0 Å². The summed E-state index contributed by atoms with van der Waals surface area (Å²) in [6, 6.07) is 74.9. The second-order valence-electron chi connectivity index (χ2n) is 17.4. The van der Waals surface area contributed by atoms with Crippen LogP contribution in [0.2, 0.25) is 0 Å². The maximum Gasteiger partial charge on any atom is 0.165 e. The number of hydrogen-bond acceptors (Lipinski definition) is 6. The number of fused-ring (bicyclic) bond motifs is 13. The summed E-state index contributed by atoms with van der Waals surface area (Å²) in [6.07, 6.45) is 0. The molecule has 0 amide bonds. The van der Waals surface area contributed by atoms with Crippen LogP contribution in [0.25, 0.3) is 144 Å². The van der Waals surface area contributed by atoms with Crippen LogP contribution in [0.5, 0.6) is 0 Å². The number of para-hydroxylation sites is 1. The van der Waals surface area contributed by atoms with Crippen LogP contribution >= 0.6 is 34.0 Å². The molecule has 316 valence electrons. The second-order valence-corrected chi connectivity index (χ2v) is 20.6. The minimum Gasteiger partial charge on any atom is -0.309 e. The van der Waals surface area contributed by atoms with E-state index in [4.69, 9.17) is 15.0 Å². The number of benzene rings is 10. The van der Waals surface area contributed by atoms with Gasteiger partial charge in [-0.2, -0.15) is 0 Å². The smallest absolute Gasteiger partial charge is 0.165 e. The SMILES string of the molecule is c1ccc2cc3c(cc2c1)c1ccccc1n3-c1ccc(-c2nc(-c3cccc4c3sc3ccccc34)nc(-c3cccc4sc5ccccc5c34)n2)cc1-c1cccc2c1sc1ccccc12. The number of hydrogen-bond donors (Lipinski definition) is 0. The topological polar surface area (TPSA) is 43.6 Å². The van der Waals surface area contributed by atoms with Gasteiger partial charge in [-0.15, -0.1) is 34.0 Å². The highest BCUT2D eigenvalue weighted by Gasteiger charge is 2.23. The van der Waals surface area contributed by atoms with Crippen LogP contribution < -0.4 is 0 Å². The van der Waals surface area contributed by atoms with E-state index in [9.17, 15) is 0 Å². The van der Waals surface area contributed by atoms with Crippen LogP contribution in [0.3, 0.4) is 0 Å². The normalized spacial score (nSPS) is 12.1. The molecule has 0 spiro atoms. The van der Waals surface area contributed by atoms with E-state index in [0.29, 0.717) is 17.5 Å². The highest BCUT2D eigenvalue weighted by molar-refractivity contribution is 7.27. The van der Waals surface area contributed by atoms with Crippen molar-refractivity contribution >= 4 is 127 Å². The molecule has 7 heteroatoms. The highest BCUT2D eigenvalue weighted by Crippen LogP contribution is 2.46. The van der Waals surface area contributed by atoms with Gasteiger partial charge in [0, 0.05) is 99.1 Å². The number of rotatable bonds is 5. The fourth-order valence-corrected chi connectivity index (χ4v) is 14.2. The van der Waals surface area contributed by atoms with Crippen molar-refractivity contribution in [1.82, 2.24) is 19.5 Å². The van der Waals surface area contributed by atoms with Crippen LogP contribution in [-0.2, 0) is 0 Å². The summed E-state index contributed by atoms with van der Waals surface area (Å²) < 4.78 is 9.86. The molecular formula is C61H34N4S3. The van der Waals surface area contributed by atoms with Crippen molar-refractivity contribution in [2.45, 2.75) is 0 Å². The molecule has 0 fully saturated rings. The molecule has 10 aromatic carbocycles. The van der Waals surface area contributed by atoms with Crippen LogP contribution in [0.15, 0.2) is 206 Å². The van der Waals surface area contributed by atoms with Crippen LogP contribution in [0.1, 0.15) is 0 Å². The molecule has 0 radical (unpaired) electrons. The van der Waals surface area contributed by atoms with Gasteiger partial charge in [0.15, 0.2) is 17.5 Å². The van der Waals surface area contributed by atoms with Gasteiger partial charge in [-0.3, -0.25) is 0 Å². The van der Waals surface area contributed by atoms with Gasteiger partial charge in [-0.1, -0.05) is 140 Å². The zero-order valence-corrected chi connectivity index (χ0v) is 38.6. The van der Waals surface area contributed by atoms with Crippen molar-refractivity contribution in [3.63, 3.8) is 0 Å². The third-order valence-electron chi connectivity index (χ3n) is 13.7. The first-order valence-electron chi connectivity index (χ1n) is 22.7. The van der Waals surface area contributed by atoms with E-state index < -0.39 is 0 Å². The van der Waals surface area contributed by atoms with Gasteiger partial charge < -0.3 is 4.57 Å². The van der Waals surface area contributed by atoms with E-state index >= 15 is 0 Å². The third-order valence-corrected chi connectivity index (χ3v) is 17.2. The molecule has 0 saturated heterocycles. The van der Waals surface area contributed by atoms with Gasteiger partial charge in [-0.25, -0.2) is 15.0 Å². The zero-order valence-electron chi connectivity index (χ0n) is 36.1. The lowest BCUT2D eigenvalue weighted by Crippen LogP contribution is -2.02. The molecule has 0 atom stereocenters. The van der Waals surface area contributed by atoms with Crippen molar-refractivity contribution in [2.24, 2.45) is 0 Å². The molecule has 5 heterocycles. The molecule has 0 aliphatic heterocycles. The predicted octanol–water partition coefficient (Wildman–Crippen LogP) is 17.9. The summed E-state index contributed by atoms with van der Waals surface area (Å²) in [4.78, 5) is 16.4. The Labute approximate surface area is 401 Å². The van der Waals surface area contributed by atoms with E-state index in [1.54, 1.807) is 11.3 Å². The monoisotopic (exact) mass is 918 g/mol. The van der Waals surface area contributed by atoms with Crippen molar-refractivity contribution in [1.29, 1.82) is 0 Å². The molecule has 0 N–H and O–H groups in total. The first-order chi connectivity index (χ1) is 33.7. The molecule has 0 aliphatic rings. The minimum atomic E-state index is 0.629. The fraction of sp³-hybridized carbons (Fsp3) is 0. The predicted molar refractivity (Wildman–Crippen MR) is 292 cm³/mol. The maximum atomic E-state index is 5.50. The lowest BCUT2D eigenvalue weighted by atomic mass is 9.98. The molecule has 0 unspecified atom stereocenters. The van der Waals surface area contributed by atoms with E-state index in [2.05, 4.69) is 211 Å². The van der Waals surface area contributed by atoms with Crippen LogP contribution in [0, 0.1) is 0 Å². The van der Waals surface area contributed by atoms with Gasteiger partial charge >= 0.3 is 0 Å². The Hall–Kier alpha value is -8.07. The van der Waals surface area contributed by atoms with Crippen molar-refractivity contribution in [3.05, 3.63) is 206 Å². The number of thiophene rings is 3. The summed E-state index contributed by atoms with van der Waals surface area (Å²) in [7, 11) is 0. The lowest BCUT2D eigenvalue weighted by molar-refractivity contribution is 1.08. The van der Waals surface area contributed by atoms with Gasteiger partial charge in [0.2, 0.25) is 0 Å². The fourth-order valence-electron chi connectivity index (χ4n) is 10.6. The standard InChI is InChI=1S/C61H34N4S3/c1-2-15-36-34-51-47(32-35(36)14-1)38-16-3-7-25-49(38)65(51)50-31-30-37(33-48(50)43-22-11-20-41-39-17-4-8-26-52(39)67-57(41)43)59-62-60(45-23-13-29-55-56(45)44-19-6-10-28-54(44)66-55)64-61(63-59)46-24-12-21-42-40-18-5-9-27-53(40)68-58(42)46/h1-34H. The number of nitrogens with zero attached hydrogens (tertiary/aromatic N) is 4. The molecule has 15 rings (SSSR count). The summed E-state index contributed by atoms with van der Waals surface area (Å²) in [5.74, 6) is 1.94. The molecule has 5 aromatic heterocycles. The van der Waals surface area contributed by atoms with E-state index in [1.807, 2.05) is 22.7 Å². The molecular weight excluding hydrogens is 885 g/mol. The lowest BCUT2D eigenvalue weighted by Gasteiger charge is -2.17. The Morgan fingerprint density at radius 3 is 1.59 bits per heavy atom. The third kappa shape index (κ3) is 5.67. The Morgan fingerprint density at radius 1 is 0.309 bits per heavy atom. The van der Waals surface area contributed by atoms with E-state index in [-0.39, 0.29) is 0 Å². The summed E-state index contributed by atoms with van der Waals surface area (Å²) >= 11 is 5.46. The van der Waals surface area contributed by atoms with Crippen molar-refractivity contribution < 1.29 is 0 Å². The molecule has 0 aliphatic carbocycles. The van der Waals surface area contributed by atoms with Gasteiger partial charge in [0.1, 0.15) is 0 Å². The quantitative estimate of drug-likeness (QED) is 0.173. The van der Waals surface area contributed by atoms with E-state index in [1.165, 1.54) is 93.1 Å². The second kappa shape index (κ2) is 14.7. The van der Waals surface area contributed by atoms with Crippen LogP contribution in [0.4, 0.5) is 0 Å². The van der Waals surface area contributed by atoms with Gasteiger partial charge in [0.05, 0.1) is 16.7 Å². The first kappa shape index (κ1) is 38.1. The maximum absolute atomic E-state index is 5.50. The zero-order chi connectivity index (χ0) is 44.5. The summed E-state index contributed by atoms with van der Waals surface area (Å²) in [6.45, 7) is 0. The Kier molecular flexibility index (Phi) is 8.24.